The van der Waals surface area contributed by atoms with Gasteiger partial charge in [0.1, 0.15) is 0 Å². The average molecular weight is 486 g/mol. The van der Waals surface area contributed by atoms with Crippen LogP contribution in [0.15, 0.2) is 94.9 Å². The van der Waals surface area contributed by atoms with E-state index in [-0.39, 0.29) is 28.6 Å². The molecular formula is C26H22CuN4O2. The van der Waals surface area contributed by atoms with Crippen molar-refractivity contribution >= 4 is 24.1 Å². The fourth-order valence-electron chi connectivity index (χ4n) is 2.65. The summed E-state index contributed by atoms with van der Waals surface area (Å²) in [6.07, 6.45) is 3.09. The Bertz CT molecular complexity index is 1150. The first-order valence-corrected chi connectivity index (χ1v) is 9.99. The first kappa shape index (κ1) is 25.5. The van der Waals surface area contributed by atoms with Crippen LogP contribution in [0.2, 0.25) is 0 Å². The van der Waals surface area contributed by atoms with E-state index in [1.54, 1.807) is 48.8 Å². The summed E-state index contributed by atoms with van der Waals surface area (Å²) >= 11 is 0. The van der Waals surface area contributed by atoms with Crippen molar-refractivity contribution in [3.63, 3.8) is 0 Å². The average Bonchev–Trinajstić information content (AvgIpc) is 2.79. The van der Waals surface area contributed by atoms with E-state index in [9.17, 15) is 10.2 Å². The van der Waals surface area contributed by atoms with Gasteiger partial charge in [-0.05, 0) is 49.2 Å². The molecule has 0 atom stereocenters. The van der Waals surface area contributed by atoms with Gasteiger partial charge in [-0.1, -0.05) is 60.7 Å². The van der Waals surface area contributed by atoms with E-state index < -0.39 is 0 Å². The van der Waals surface area contributed by atoms with E-state index in [0.717, 1.165) is 11.4 Å². The van der Waals surface area contributed by atoms with Gasteiger partial charge in [0.05, 0.1) is 0 Å². The molecule has 0 aliphatic carbocycles. The number of para-hydroxylation sites is 2. The van der Waals surface area contributed by atoms with Crippen LogP contribution in [0.3, 0.4) is 0 Å². The topological polar surface area (TPSA) is 96.6 Å². The fraction of sp³-hybridized carbons (Fsp3) is 0.0769. The maximum atomic E-state index is 11.4. The Labute approximate surface area is 203 Å². The zero-order valence-electron chi connectivity index (χ0n) is 18.1. The number of aromatic nitrogens is 2. The molecule has 7 heteroatoms. The molecule has 0 aliphatic rings. The summed E-state index contributed by atoms with van der Waals surface area (Å²) < 4.78 is 0. The maximum Gasteiger partial charge on any atom is 2.00 e. The van der Waals surface area contributed by atoms with Crippen LogP contribution in [0.25, 0.3) is 0 Å². The van der Waals surface area contributed by atoms with Crippen LogP contribution in [-0.2, 0) is 17.1 Å². The molecule has 0 aliphatic heterocycles. The van der Waals surface area contributed by atoms with Gasteiger partial charge in [0, 0.05) is 23.8 Å². The Balaban J connectivity index is 0.000000227. The van der Waals surface area contributed by atoms with Gasteiger partial charge >= 0.3 is 17.1 Å². The molecule has 0 bridgehead atoms. The third-order valence-electron chi connectivity index (χ3n) is 4.26. The van der Waals surface area contributed by atoms with Crippen LogP contribution in [0.5, 0.6) is 11.5 Å². The van der Waals surface area contributed by atoms with Crippen molar-refractivity contribution in [2.45, 2.75) is 13.8 Å². The summed E-state index contributed by atoms with van der Waals surface area (Å²) in [5.41, 5.74) is 2.96. The van der Waals surface area contributed by atoms with Crippen molar-refractivity contribution in [1.82, 2.24) is 9.97 Å². The normalized spacial score (nSPS) is 10.5. The predicted octanol–water partition coefficient (Wildman–Crippen LogP) is 4.43. The van der Waals surface area contributed by atoms with E-state index >= 15 is 0 Å². The van der Waals surface area contributed by atoms with Gasteiger partial charge in [-0.15, -0.1) is 11.5 Å². The Morgan fingerprint density at radius 1 is 0.576 bits per heavy atom. The minimum Gasteiger partial charge on any atom is -0.872 e. The zero-order chi connectivity index (χ0) is 22.8. The van der Waals surface area contributed by atoms with E-state index in [2.05, 4.69) is 20.0 Å². The molecule has 0 unspecified atom stereocenters. The smallest absolute Gasteiger partial charge is 0.872 e. The van der Waals surface area contributed by atoms with Gasteiger partial charge in [-0.3, -0.25) is 0 Å². The Kier molecular flexibility index (Phi) is 9.96. The van der Waals surface area contributed by atoms with Crippen molar-refractivity contribution in [1.29, 1.82) is 0 Å². The molecule has 0 spiro atoms. The minimum absolute atomic E-state index is 0. The third kappa shape index (κ3) is 8.33. The zero-order valence-corrected chi connectivity index (χ0v) is 19.1. The Hall–Kier alpha value is -3.80. The van der Waals surface area contributed by atoms with Crippen molar-refractivity contribution in [2.24, 2.45) is 9.98 Å². The van der Waals surface area contributed by atoms with Crippen LogP contribution in [0.1, 0.15) is 22.5 Å². The first-order chi connectivity index (χ1) is 15.5. The summed E-state index contributed by atoms with van der Waals surface area (Å²) in [4.78, 5) is 16.8. The number of nitrogens with zero attached hydrogens (tertiary/aromatic N) is 4. The molecule has 0 fully saturated rings. The summed E-state index contributed by atoms with van der Waals surface area (Å²) in [6, 6.07) is 24.7. The molecule has 4 aromatic rings. The second-order valence-corrected chi connectivity index (χ2v) is 6.87. The first-order valence-electron chi connectivity index (χ1n) is 9.99. The predicted molar refractivity (Wildman–Crippen MR) is 124 cm³/mol. The van der Waals surface area contributed by atoms with Gasteiger partial charge in [0.2, 0.25) is 0 Å². The molecule has 6 nitrogen and oxygen atoms in total. The van der Waals surface area contributed by atoms with Gasteiger partial charge < -0.3 is 10.2 Å². The van der Waals surface area contributed by atoms with Gasteiger partial charge in [0.15, 0.2) is 11.6 Å². The number of benzene rings is 2. The summed E-state index contributed by atoms with van der Waals surface area (Å²) in [5, 5.41) is 22.8. The van der Waals surface area contributed by atoms with E-state index in [4.69, 9.17) is 0 Å². The number of hydrogen-bond donors (Lipinski definition) is 0. The Morgan fingerprint density at radius 3 is 1.33 bits per heavy atom. The van der Waals surface area contributed by atoms with Crippen molar-refractivity contribution in [2.75, 3.05) is 0 Å². The second kappa shape index (κ2) is 12.9. The van der Waals surface area contributed by atoms with Crippen LogP contribution in [-0.4, -0.2) is 22.4 Å². The van der Waals surface area contributed by atoms with Crippen molar-refractivity contribution in [3.05, 3.63) is 107 Å². The number of rotatable bonds is 4. The third-order valence-corrected chi connectivity index (χ3v) is 4.26. The number of aliphatic imine (C=N–C) groups is 2. The molecule has 33 heavy (non-hydrogen) atoms. The van der Waals surface area contributed by atoms with Crippen LogP contribution < -0.4 is 10.2 Å². The molecule has 0 amide bonds. The van der Waals surface area contributed by atoms with Crippen molar-refractivity contribution in [3.8, 4) is 11.5 Å². The van der Waals surface area contributed by atoms with Crippen LogP contribution in [0.4, 0.5) is 11.6 Å². The fourth-order valence-corrected chi connectivity index (χ4v) is 2.65. The van der Waals surface area contributed by atoms with E-state index in [1.807, 2.05) is 50.2 Å². The molecule has 0 saturated heterocycles. The standard InChI is InChI=1S/2C13H12N2O.Cu/c2*1-10-5-4-8-13(15-10)14-9-11-6-2-3-7-12(11)16;/h2*2-9,16H,1H3;/q;;+2/p-2/b2*14-9+;. The molecule has 2 aromatic carbocycles. The molecule has 2 heterocycles. The molecule has 1 radical (unpaired) electrons. The summed E-state index contributed by atoms with van der Waals surface area (Å²) in [6.45, 7) is 3.81. The Morgan fingerprint density at radius 2 is 0.970 bits per heavy atom. The molecule has 2 aromatic heterocycles. The van der Waals surface area contributed by atoms with E-state index in [1.165, 1.54) is 12.1 Å². The van der Waals surface area contributed by atoms with Crippen LogP contribution >= 0.6 is 0 Å². The number of aryl methyl sites for hydroxylation is 2. The SMILES string of the molecule is Cc1cccc(/N=C/c2ccccc2[O-])n1.Cc1cccc(/N=C/c2ccccc2[O-])n1.[Cu+2]. The monoisotopic (exact) mass is 485 g/mol. The largest absolute Gasteiger partial charge is 2.00 e. The van der Waals surface area contributed by atoms with Gasteiger partial charge in [0.25, 0.3) is 0 Å². The molecule has 0 N–H and O–H groups in total. The second-order valence-electron chi connectivity index (χ2n) is 6.87. The number of pyridine rings is 2. The van der Waals surface area contributed by atoms with Crippen molar-refractivity contribution < 1.29 is 27.3 Å². The summed E-state index contributed by atoms with van der Waals surface area (Å²) in [7, 11) is 0. The maximum absolute atomic E-state index is 11.4. The molecule has 4 rings (SSSR count). The quantitative estimate of drug-likeness (QED) is 0.315. The number of hydrogen-bond acceptors (Lipinski definition) is 6. The van der Waals surface area contributed by atoms with Gasteiger partial charge in [-0.2, -0.15) is 0 Å². The van der Waals surface area contributed by atoms with Gasteiger partial charge in [-0.25, -0.2) is 20.0 Å². The van der Waals surface area contributed by atoms with Crippen LogP contribution in [0, 0.1) is 13.8 Å². The minimum atomic E-state index is -0.0288. The summed E-state index contributed by atoms with van der Waals surface area (Å²) in [5.74, 6) is 1.17. The van der Waals surface area contributed by atoms with E-state index in [0.29, 0.717) is 22.8 Å². The molecular weight excluding hydrogens is 464 g/mol. The molecule has 0 saturated carbocycles. The molecule has 169 valence electrons.